The van der Waals surface area contributed by atoms with Gasteiger partial charge in [0.25, 0.3) is 0 Å². The molecule has 0 fully saturated rings. The second kappa shape index (κ2) is 7.49. The van der Waals surface area contributed by atoms with Gasteiger partial charge in [-0.15, -0.1) is 0 Å². The van der Waals surface area contributed by atoms with Crippen molar-refractivity contribution in [2.45, 2.75) is 20.3 Å². The summed E-state index contributed by atoms with van der Waals surface area (Å²) in [6, 6.07) is 7.67. The van der Waals surface area contributed by atoms with Gasteiger partial charge >= 0.3 is 0 Å². The van der Waals surface area contributed by atoms with E-state index in [0.29, 0.717) is 12.5 Å². The molecule has 0 aliphatic carbocycles. The first kappa shape index (κ1) is 16.6. The number of sulfonamides is 1. The van der Waals surface area contributed by atoms with E-state index >= 15 is 0 Å². The highest BCUT2D eigenvalue weighted by molar-refractivity contribution is 7.92. The Morgan fingerprint density at radius 3 is 2.59 bits per heavy atom. The normalized spacial score (nSPS) is 13.6. The number of nitrogens with zero attached hydrogens (tertiary/aromatic N) is 2. The van der Waals surface area contributed by atoms with Crippen LogP contribution in [0.1, 0.15) is 19.4 Å². The lowest BCUT2D eigenvalue weighted by Crippen LogP contribution is -2.38. The Hall–Kier alpha value is -1.76. The summed E-state index contributed by atoms with van der Waals surface area (Å²) in [5.41, 5.74) is 1.90. The summed E-state index contributed by atoms with van der Waals surface area (Å²) < 4.78 is 26.5. The molecule has 0 unspecified atom stereocenters. The van der Waals surface area contributed by atoms with Crippen LogP contribution in [0.25, 0.3) is 0 Å². The van der Waals surface area contributed by atoms with Crippen LogP contribution >= 0.6 is 0 Å². The van der Waals surface area contributed by atoms with Gasteiger partial charge in [0.2, 0.25) is 10.0 Å². The zero-order valence-electron chi connectivity index (χ0n) is 13.2. The minimum atomic E-state index is -3.33. The van der Waals surface area contributed by atoms with Crippen LogP contribution in [0, 0.1) is 0 Å². The zero-order valence-corrected chi connectivity index (χ0v) is 14.0. The van der Waals surface area contributed by atoms with Crippen molar-refractivity contribution >= 4 is 21.7 Å². The molecule has 0 spiro atoms. The summed E-state index contributed by atoms with van der Waals surface area (Å²) >= 11 is 0. The summed E-state index contributed by atoms with van der Waals surface area (Å²) in [4.78, 5) is 4.30. The van der Waals surface area contributed by atoms with E-state index in [2.05, 4.69) is 15.6 Å². The van der Waals surface area contributed by atoms with E-state index in [-0.39, 0.29) is 12.3 Å². The lowest BCUT2D eigenvalue weighted by Gasteiger charge is -2.19. The van der Waals surface area contributed by atoms with E-state index in [4.69, 9.17) is 0 Å². The summed E-state index contributed by atoms with van der Waals surface area (Å²) in [5.74, 6) is 0.670. The third kappa shape index (κ3) is 3.91. The van der Waals surface area contributed by atoms with Gasteiger partial charge in [0, 0.05) is 19.6 Å². The maximum absolute atomic E-state index is 12.5. The number of para-hydroxylation sites is 1. The third-order valence-corrected chi connectivity index (χ3v) is 5.24. The van der Waals surface area contributed by atoms with Gasteiger partial charge < -0.3 is 10.6 Å². The lowest BCUT2D eigenvalue weighted by molar-refractivity contribution is 0.592. The van der Waals surface area contributed by atoms with Crippen LogP contribution in [0.5, 0.6) is 0 Å². The number of nitrogens with one attached hydrogen (secondary N) is 2. The Bertz CT molecular complexity index is 620. The number of fused-ring (bicyclic) bond motifs is 1. The van der Waals surface area contributed by atoms with E-state index in [9.17, 15) is 8.42 Å². The summed E-state index contributed by atoms with van der Waals surface area (Å²) in [6.45, 7) is 6.22. The molecule has 1 aliphatic rings. The van der Waals surface area contributed by atoms with Gasteiger partial charge in [-0.25, -0.2) is 8.42 Å². The van der Waals surface area contributed by atoms with Crippen LogP contribution in [0.3, 0.4) is 0 Å². The molecule has 6 nitrogen and oxygen atoms in total. The van der Waals surface area contributed by atoms with Crippen molar-refractivity contribution in [3.8, 4) is 0 Å². The van der Waals surface area contributed by atoms with Crippen molar-refractivity contribution in [1.29, 1.82) is 0 Å². The van der Waals surface area contributed by atoms with Crippen LogP contribution in [0.4, 0.5) is 5.69 Å². The summed E-state index contributed by atoms with van der Waals surface area (Å²) in [6.07, 6.45) is 0.776. The van der Waals surface area contributed by atoms with Crippen molar-refractivity contribution in [3.63, 3.8) is 0 Å². The van der Waals surface area contributed by atoms with Gasteiger partial charge in [0.15, 0.2) is 5.96 Å². The molecule has 0 saturated heterocycles. The molecular weight excluding hydrogens is 300 g/mol. The average Bonchev–Trinajstić information content (AvgIpc) is 2.92. The average molecular weight is 324 g/mol. The Labute approximate surface area is 132 Å². The standard InChI is InChI=1S/C15H24N4O2S/c1-3-16-15(17-4-2)18-10-12-22(20,21)19-11-9-13-7-5-6-8-14(13)19/h5-8H,3-4,9-12H2,1-2H3,(H2,16,17,18). The first-order valence-electron chi connectivity index (χ1n) is 7.69. The smallest absolute Gasteiger partial charge is 0.237 e. The number of aliphatic imine (C=N–C) groups is 1. The lowest BCUT2D eigenvalue weighted by atomic mass is 10.2. The van der Waals surface area contributed by atoms with Crippen molar-refractivity contribution in [3.05, 3.63) is 29.8 Å². The van der Waals surface area contributed by atoms with Gasteiger partial charge in [0.1, 0.15) is 0 Å². The van der Waals surface area contributed by atoms with Gasteiger partial charge in [-0.2, -0.15) is 0 Å². The quantitative estimate of drug-likeness (QED) is 0.604. The molecule has 1 heterocycles. The Balaban J connectivity index is 2.02. The van der Waals surface area contributed by atoms with Crippen LogP contribution in [0.2, 0.25) is 0 Å². The molecule has 1 aromatic carbocycles. The molecule has 0 saturated carbocycles. The highest BCUT2D eigenvalue weighted by Crippen LogP contribution is 2.29. The van der Waals surface area contributed by atoms with E-state index in [1.807, 2.05) is 38.1 Å². The Morgan fingerprint density at radius 1 is 1.23 bits per heavy atom. The fraction of sp³-hybridized carbons (Fsp3) is 0.533. The number of benzene rings is 1. The van der Waals surface area contributed by atoms with Crippen molar-refractivity contribution in [2.75, 3.05) is 36.2 Å². The second-order valence-electron chi connectivity index (χ2n) is 5.06. The topological polar surface area (TPSA) is 73.8 Å². The first-order chi connectivity index (χ1) is 10.6. The molecular formula is C15H24N4O2S. The molecule has 2 N–H and O–H groups in total. The fourth-order valence-corrected chi connectivity index (χ4v) is 3.88. The third-order valence-electron chi connectivity index (χ3n) is 3.49. The maximum atomic E-state index is 12.5. The molecule has 0 bridgehead atoms. The molecule has 7 heteroatoms. The second-order valence-corrected chi connectivity index (χ2v) is 7.07. The molecule has 0 aromatic heterocycles. The summed E-state index contributed by atoms with van der Waals surface area (Å²) in [5, 5.41) is 6.17. The van der Waals surface area contributed by atoms with Gasteiger partial charge in [0.05, 0.1) is 18.0 Å². The van der Waals surface area contributed by atoms with Crippen LogP contribution in [0.15, 0.2) is 29.3 Å². The van der Waals surface area contributed by atoms with Crippen LogP contribution in [-0.2, 0) is 16.4 Å². The highest BCUT2D eigenvalue weighted by Gasteiger charge is 2.28. The largest absolute Gasteiger partial charge is 0.357 e. The van der Waals surface area contributed by atoms with Crippen molar-refractivity contribution < 1.29 is 8.42 Å². The van der Waals surface area contributed by atoms with E-state index in [1.54, 1.807) is 0 Å². The monoisotopic (exact) mass is 324 g/mol. The Morgan fingerprint density at radius 2 is 1.91 bits per heavy atom. The molecule has 22 heavy (non-hydrogen) atoms. The number of hydrogen-bond acceptors (Lipinski definition) is 3. The van der Waals surface area contributed by atoms with Gasteiger partial charge in [-0.05, 0) is 31.9 Å². The van der Waals surface area contributed by atoms with Crippen LogP contribution < -0.4 is 14.9 Å². The van der Waals surface area contributed by atoms with E-state index < -0.39 is 10.0 Å². The van der Waals surface area contributed by atoms with E-state index in [0.717, 1.165) is 30.8 Å². The van der Waals surface area contributed by atoms with Crippen molar-refractivity contribution in [1.82, 2.24) is 10.6 Å². The van der Waals surface area contributed by atoms with Crippen molar-refractivity contribution in [2.24, 2.45) is 4.99 Å². The van der Waals surface area contributed by atoms with Gasteiger partial charge in [-0.3, -0.25) is 9.30 Å². The molecule has 0 radical (unpaired) electrons. The van der Waals surface area contributed by atoms with Gasteiger partial charge in [-0.1, -0.05) is 18.2 Å². The zero-order chi connectivity index (χ0) is 16.0. The molecule has 1 aliphatic heterocycles. The minimum Gasteiger partial charge on any atom is -0.357 e. The summed E-state index contributed by atoms with van der Waals surface area (Å²) in [7, 11) is -3.33. The molecule has 2 rings (SSSR count). The molecule has 122 valence electrons. The number of anilines is 1. The number of hydrogen-bond donors (Lipinski definition) is 2. The minimum absolute atomic E-state index is 0.0155. The SMILES string of the molecule is CCNC(=NCCS(=O)(=O)N1CCc2ccccc21)NCC. The first-order valence-corrected chi connectivity index (χ1v) is 9.30. The predicted molar refractivity (Wildman–Crippen MR) is 90.9 cm³/mol. The highest BCUT2D eigenvalue weighted by atomic mass is 32.2. The predicted octanol–water partition coefficient (Wildman–Crippen LogP) is 0.954. The fourth-order valence-electron chi connectivity index (χ4n) is 2.49. The number of guanidine groups is 1. The molecule has 0 atom stereocenters. The number of rotatable bonds is 6. The Kier molecular flexibility index (Phi) is 5.65. The van der Waals surface area contributed by atoms with E-state index in [1.165, 1.54) is 4.31 Å². The molecule has 0 amide bonds. The molecule has 1 aromatic rings. The van der Waals surface area contributed by atoms with Crippen LogP contribution in [-0.4, -0.2) is 46.3 Å². The maximum Gasteiger partial charge on any atom is 0.237 e.